The van der Waals surface area contributed by atoms with Gasteiger partial charge in [-0.1, -0.05) is 56.0 Å². The van der Waals surface area contributed by atoms with Crippen molar-refractivity contribution in [2.24, 2.45) is 17.6 Å². The van der Waals surface area contributed by atoms with Crippen LogP contribution in [-0.4, -0.2) is 30.4 Å². The van der Waals surface area contributed by atoms with E-state index in [1.807, 2.05) is 6.07 Å². The Kier molecular flexibility index (Phi) is 5.14. The zero-order valence-electron chi connectivity index (χ0n) is 13.4. The summed E-state index contributed by atoms with van der Waals surface area (Å²) in [6, 6.07) is 10.5. The van der Waals surface area contributed by atoms with E-state index >= 15 is 0 Å². The van der Waals surface area contributed by atoms with Gasteiger partial charge in [0.1, 0.15) is 0 Å². The molecule has 1 aromatic carbocycles. The van der Waals surface area contributed by atoms with E-state index in [9.17, 15) is 4.79 Å². The number of likely N-dealkylation sites (tertiary alicyclic amines) is 1. The molecular weight excluding hydrogens is 272 g/mol. The van der Waals surface area contributed by atoms with Crippen molar-refractivity contribution in [3.63, 3.8) is 0 Å². The highest BCUT2D eigenvalue weighted by molar-refractivity contribution is 5.76. The Bertz CT molecular complexity index is 481. The van der Waals surface area contributed by atoms with Crippen molar-refractivity contribution in [3.05, 3.63) is 35.9 Å². The fourth-order valence-electron chi connectivity index (χ4n) is 4.18. The summed E-state index contributed by atoms with van der Waals surface area (Å²) in [4.78, 5) is 14.6. The van der Waals surface area contributed by atoms with Crippen LogP contribution in [0.5, 0.6) is 0 Å². The summed E-state index contributed by atoms with van der Waals surface area (Å²) in [6.45, 7) is 2.33. The number of nitrogens with zero attached hydrogens (tertiary/aromatic N) is 1. The van der Waals surface area contributed by atoms with E-state index in [0.29, 0.717) is 24.3 Å². The van der Waals surface area contributed by atoms with Gasteiger partial charge in [0, 0.05) is 25.4 Å². The number of hydrogen-bond acceptors (Lipinski definition) is 2. The van der Waals surface area contributed by atoms with Crippen LogP contribution >= 0.6 is 0 Å². The van der Waals surface area contributed by atoms with Gasteiger partial charge in [-0.2, -0.15) is 0 Å². The molecule has 0 radical (unpaired) electrons. The molecule has 2 atom stereocenters. The van der Waals surface area contributed by atoms with Crippen LogP contribution in [0.1, 0.15) is 50.0 Å². The van der Waals surface area contributed by atoms with E-state index in [-0.39, 0.29) is 0 Å². The second kappa shape index (κ2) is 7.28. The van der Waals surface area contributed by atoms with E-state index in [1.54, 1.807) is 0 Å². The third-order valence-electron chi connectivity index (χ3n) is 5.57. The van der Waals surface area contributed by atoms with Crippen molar-refractivity contribution in [3.8, 4) is 0 Å². The Labute approximate surface area is 133 Å². The molecule has 120 valence electrons. The molecule has 1 heterocycles. The zero-order valence-corrected chi connectivity index (χ0v) is 13.4. The summed E-state index contributed by atoms with van der Waals surface area (Å²) in [6.07, 6.45) is 7.17. The van der Waals surface area contributed by atoms with Gasteiger partial charge in [0.05, 0.1) is 0 Å². The standard InChI is InChI=1S/C19H28N2O/c20-12-17-13-21(14-18(17)16-8-2-1-3-9-16)19(22)11-10-15-6-4-5-7-15/h1-3,8-9,15,17-18H,4-7,10-14,20H2/t17-,18+/m1/s1. The first-order chi connectivity index (χ1) is 10.8. The molecule has 1 amide bonds. The van der Waals surface area contributed by atoms with Crippen molar-refractivity contribution >= 4 is 5.91 Å². The smallest absolute Gasteiger partial charge is 0.222 e. The summed E-state index contributed by atoms with van der Waals surface area (Å²) in [7, 11) is 0. The van der Waals surface area contributed by atoms with Crippen molar-refractivity contribution in [2.75, 3.05) is 19.6 Å². The topological polar surface area (TPSA) is 46.3 Å². The van der Waals surface area contributed by atoms with E-state index in [1.165, 1.54) is 31.2 Å². The lowest BCUT2D eigenvalue weighted by molar-refractivity contribution is -0.130. The largest absolute Gasteiger partial charge is 0.342 e. The van der Waals surface area contributed by atoms with Crippen LogP contribution in [0, 0.1) is 11.8 Å². The molecule has 1 aliphatic heterocycles. The molecule has 1 aliphatic carbocycles. The van der Waals surface area contributed by atoms with Gasteiger partial charge in [-0.15, -0.1) is 0 Å². The highest BCUT2D eigenvalue weighted by Crippen LogP contribution is 2.33. The lowest BCUT2D eigenvalue weighted by Crippen LogP contribution is -2.29. The van der Waals surface area contributed by atoms with Gasteiger partial charge >= 0.3 is 0 Å². The highest BCUT2D eigenvalue weighted by Gasteiger charge is 2.35. The van der Waals surface area contributed by atoms with Crippen molar-refractivity contribution in [2.45, 2.75) is 44.4 Å². The highest BCUT2D eigenvalue weighted by atomic mass is 16.2. The van der Waals surface area contributed by atoms with E-state index in [4.69, 9.17) is 5.73 Å². The lowest BCUT2D eigenvalue weighted by atomic mass is 9.89. The second-order valence-electron chi connectivity index (χ2n) is 7.00. The van der Waals surface area contributed by atoms with Crippen molar-refractivity contribution in [1.29, 1.82) is 0 Å². The van der Waals surface area contributed by atoms with E-state index in [0.717, 1.165) is 31.8 Å². The van der Waals surface area contributed by atoms with Gasteiger partial charge in [0.2, 0.25) is 5.91 Å². The van der Waals surface area contributed by atoms with Crippen LogP contribution in [0.3, 0.4) is 0 Å². The Hall–Kier alpha value is -1.35. The Morgan fingerprint density at radius 3 is 2.55 bits per heavy atom. The number of carbonyl (C=O) groups is 1. The molecule has 2 N–H and O–H groups in total. The summed E-state index contributed by atoms with van der Waals surface area (Å²) < 4.78 is 0. The fraction of sp³-hybridized carbons (Fsp3) is 0.632. The Balaban J connectivity index is 1.57. The number of amides is 1. The number of carbonyl (C=O) groups excluding carboxylic acids is 1. The molecular formula is C19H28N2O. The molecule has 1 saturated heterocycles. The maximum absolute atomic E-state index is 12.5. The molecule has 0 aromatic heterocycles. The Morgan fingerprint density at radius 2 is 1.86 bits per heavy atom. The van der Waals surface area contributed by atoms with E-state index in [2.05, 4.69) is 29.2 Å². The average Bonchev–Trinajstić information content (AvgIpc) is 3.22. The summed E-state index contributed by atoms with van der Waals surface area (Å²) >= 11 is 0. The fourth-order valence-corrected chi connectivity index (χ4v) is 4.18. The monoisotopic (exact) mass is 300 g/mol. The molecule has 3 rings (SSSR count). The van der Waals surface area contributed by atoms with Crippen LogP contribution in [0.15, 0.2) is 30.3 Å². The minimum Gasteiger partial charge on any atom is -0.342 e. The number of rotatable bonds is 5. The molecule has 0 unspecified atom stereocenters. The normalized spacial score (nSPS) is 25.8. The average molecular weight is 300 g/mol. The summed E-state index contributed by atoms with van der Waals surface area (Å²) in [5, 5.41) is 0. The lowest BCUT2D eigenvalue weighted by Gasteiger charge is -2.18. The summed E-state index contributed by atoms with van der Waals surface area (Å²) in [5.74, 6) is 1.94. The van der Waals surface area contributed by atoms with Crippen LogP contribution < -0.4 is 5.73 Å². The van der Waals surface area contributed by atoms with Crippen molar-refractivity contribution in [1.82, 2.24) is 4.90 Å². The minimum atomic E-state index is 0.337. The Morgan fingerprint density at radius 1 is 1.14 bits per heavy atom. The summed E-state index contributed by atoms with van der Waals surface area (Å²) in [5.41, 5.74) is 7.28. The maximum atomic E-state index is 12.5. The molecule has 3 heteroatoms. The predicted octanol–water partition coefficient (Wildman–Crippen LogP) is 3.16. The van der Waals surface area contributed by atoms with Gasteiger partial charge < -0.3 is 10.6 Å². The minimum absolute atomic E-state index is 0.337. The molecule has 0 spiro atoms. The third kappa shape index (κ3) is 3.52. The molecule has 1 saturated carbocycles. The third-order valence-corrected chi connectivity index (χ3v) is 5.57. The molecule has 2 fully saturated rings. The van der Waals surface area contributed by atoms with Gasteiger partial charge in [0.25, 0.3) is 0 Å². The number of nitrogens with two attached hydrogens (primary N) is 1. The molecule has 3 nitrogen and oxygen atoms in total. The quantitative estimate of drug-likeness (QED) is 0.908. The van der Waals surface area contributed by atoms with Crippen LogP contribution in [-0.2, 0) is 4.79 Å². The first-order valence-electron chi connectivity index (χ1n) is 8.80. The predicted molar refractivity (Wildman–Crippen MR) is 89.5 cm³/mol. The van der Waals surface area contributed by atoms with Crippen LogP contribution in [0.4, 0.5) is 0 Å². The van der Waals surface area contributed by atoms with Gasteiger partial charge in [-0.05, 0) is 30.4 Å². The van der Waals surface area contributed by atoms with E-state index < -0.39 is 0 Å². The van der Waals surface area contributed by atoms with Crippen molar-refractivity contribution < 1.29 is 4.79 Å². The number of hydrogen-bond donors (Lipinski definition) is 1. The van der Waals surface area contributed by atoms with Gasteiger partial charge in [-0.3, -0.25) is 4.79 Å². The van der Waals surface area contributed by atoms with Crippen LogP contribution in [0.25, 0.3) is 0 Å². The second-order valence-corrected chi connectivity index (χ2v) is 7.00. The maximum Gasteiger partial charge on any atom is 0.222 e. The van der Waals surface area contributed by atoms with Gasteiger partial charge in [0.15, 0.2) is 0 Å². The molecule has 2 aliphatic rings. The van der Waals surface area contributed by atoms with Gasteiger partial charge in [-0.25, -0.2) is 0 Å². The first-order valence-corrected chi connectivity index (χ1v) is 8.80. The zero-order chi connectivity index (χ0) is 15.4. The molecule has 0 bridgehead atoms. The molecule has 1 aromatic rings. The number of benzene rings is 1. The van der Waals surface area contributed by atoms with Crippen LogP contribution in [0.2, 0.25) is 0 Å². The first kappa shape index (κ1) is 15.5. The SMILES string of the molecule is NC[C@@H]1CN(C(=O)CCC2CCCC2)C[C@H]1c1ccccc1. The molecule has 22 heavy (non-hydrogen) atoms.